The number of methoxy groups -OCH3 is 1. The van der Waals surface area contributed by atoms with Crippen molar-refractivity contribution in [3.05, 3.63) is 28.8 Å². The van der Waals surface area contributed by atoms with Crippen molar-refractivity contribution < 1.29 is 29.3 Å². The number of piperidine rings is 1. The first kappa shape index (κ1) is 26.8. The van der Waals surface area contributed by atoms with Gasteiger partial charge in [-0.1, -0.05) is 11.6 Å². The normalized spacial score (nSPS) is 27.0. The van der Waals surface area contributed by atoms with E-state index in [2.05, 4.69) is 4.90 Å². The third-order valence-corrected chi connectivity index (χ3v) is 8.65. The molecule has 2 heterocycles. The highest BCUT2D eigenvalue weighted by atomic mass is 35.5. The van der Waals surface area contributed by atoms with Crippen LogP contribution in [0.4, 0.5) is 10.5 Å². The zero-order valence-corrected chi connectivity index (χ0v) is 21.5. The molecule has 0 bridgehead atoms. The van der Waals surface area contributed by atoms with E-state index in [1.54, 1.807) is 12.0 Å². The van der Waals surface area contributed by atoms with Crippen LogP contribution in [-0.4, -0.2) is 103 Å². The predicted octanol–water partition coefficient (Wildman–Crippen LogP) is 1.91. The van der Waals surface area contributed by atoms with Crippen LogP contribution in [0.15, 0.2) is 18.2 Å². The van der Waals surface area contributed by atoms with E-state index in [9.17, 15) is 24.6 Å². The fraction of sp³-hybridized carbons (Fsp3) is 0.640. The van der Waals surface area contributed by atoms with Gasteiger partial charge in [-0.3, -0.25) is 9.59 Å². The highest BCUT2D eigenvalue weighted by Gasteiger charge is 2.51. The molecule has 1 spiro atoms. The van der Waals surface area contributed by atoms with Crippen molar-refractivity contribution in [3.8, 4) is 0 Å². The van der Waals surface area contributed by atoms with Gasteiger partial charge in [0, 0.05) is 31.8 Å². The van der Waals surface area contributed by atoms with Crippen molar-refractivity contribution in [1.82, 2.24) is 14.3 Å². The van der Waals surface area contributed by atoms with Gasteiger partial charge >= 0.3 is 6.09 Å². The van der Waals surface area contributed by atoms with Crippen LogP contribution in [0.1, 0.15) is 42.5 Å². The summed E-state index contributed by atoms with van der Waals surface area (Å²) in [5.74, 6) is -0.780. The number of ether oxygens (including phenoxy) is 1. The van der Waals surface area contributed by atoms with Gasteiger partial charge in [-0.05, 0) is 49.8 Å². The average Bonchev–Trinajstić information content (AvgIpc) is 3.64. The molecule has 36 heavy (non-hydrogen) atoms. The largest absolute Gasteiger partial charge is 0.518 e. The van der Waals surface area contributed by atoms with Gasteiger partial charge in [0.05, 0.1) is 31.7 Å². The van der Waals surface area contributed by atoms with Crippen LogP contribution in [0, 0.1) is 5.41 Å². The van der Waals surface area contributed by atoms with E-state index < -0.39 is 16.5 Å². The van der Waals surface area contributed by atoms with Crippen molar-refractivity contribution in [3.63, 3.8) is 0 Å². The molecular weight excluding hydrogens is 488 g/mol. The average molecular weight is 524 g/mol. The molecule has 2 saturated heterocycles. The van der Waals surface area contributed by atoms with Crippen LogP contribution in [0.2, 0.25) is 5.02 Å². The number of likely N-dealkylation sites (tertiary alicyclic amines) is 1. The van der Waals surface area contributed by atoms with Crippen LogP contribution in [0.25, 0.3) is 0 Å². The number of nitrogens with zero attached hydrogens (tertiary/aromatic N) is 3. The van der Waals surface area contributed by atoms with E-state index in [0.717, 1.165) is 32.4 Å². The van der Waals surface area contributed by atoms with Crippen LogP contribution in [0.3, 0.4) is 0 Å². The molecule has 1 saturated carbocycles. The Morgan fingerprint density at radius 3 is 2.61 bits per heavy atom. The summed E-state index contributed by atoms with van der Waals surface area (Å²) in [5, 5.41) is 20.9. The van der Waals surface area contributed by atoms with E-state index in [0.29, 0.717) is 25.3 Å². The summed E-state index contributed by atoms with van der Waals surface area (Å²) >= 11 is 6.42. The maximum absolute atomic E-state index is 13.2. The molecule has 4 N–H and O–H groups in total. The van der Waals surface area contributed by atoms with Crippen molar-refractivity contribution in [2.45, 2.75) is 44.2 Å². The lowest BCUT2D eigenvalue weighted by Crippen LogP contribution is -2.56. The van der Waals surface area contributed by atoms with E-state index >= 15 is 0 Å². The number of β-amino-alcohol motifs (C(OH)–C–C–N with tert-alkyl or cyclic N) is 1. The van der Waals surface area contributed by atoms with Crippen LogP contribution < -0.4 is 10.2 Å². The summed E-state index contributed by atoms with van der Waals surface area (Å²) in [6, 6.07) is 4.14. The molecule has 1 aromatic carbocycles. The van der Waals surface area contributed by atoms with Crippen molar-refractivity contribution in [1.29, 1.82) is 0 Å². The first-order valence-corrected chi connectivity index (χ1v) is 12.9. The molecular formula is C25H36ClN4O6+. The molecule has 1 aliphatic carbocycles. The van der Waals surface area contributed by atoms with Gasteiger partial charge < -0.3 is 30.5 Å². The van der Waals surface area contributed by atoms with Gasteiger partial charge in [0.2, 0.25) is 11.8 Å². The number of primary amides is 1. The Bertz CT molecular complexity index is 1020. The first-order chi connectivity index (χ1) is 17.1. The second-order valence-corrected chi connectivity index (χ2v) is 10.8. The molecule has 0 aromatic heterocycles. The second-order valence-electron chi connectivity index (χ2n) is 10.4. The number of nitrogens with two attached hydrogens (primary N) is 1. The van der Waals surface area contributed by atoms with Gasteiger partial charge in [0.25, 0.3) is 0 Å². The molecule has 3 fully saturated rings. The summed E-state index contributed by atoms with van der Waals surface area (Å²) < 4.78 is 4.93. The lowest BCUT2D eigenvalue weighted by atomic mass is 9.90. The fourth-order valence-corrected chi connectivity index (χ4v) is 6.09. The Balaban J connectivity index is 1.48. The molecule has 11 heteroatoms. The van der Waals surface area contributed by atoms with Crippen molar-refractivity contribution in [2.75, 3.05) is 53.0 Å². The minimum Gasteiger partial charge on any atom is -0.435 e. The number of aliphatic hydroxyl groups excluding tert-OH is 1. The van der Waals surface area contributed by atoms with Gasteiger partial charge in [0.15, 0.2) is 5.69 Å². The Labute approximate surface area is 216 Å². The third kappa shape index (κ3) is 5.24. The monoisotopic (exact) mass is 523 g/mol. The minimum absolute atomic E-state index is 0.0331. The number of benzene rings is 1. The van der Waals surface area contributed by atoms with E-state index in [1.165, 1.54) is 18.2 Å². The summed E-state index contributed by atoms with van der Waals surface area (Å²) in [5.41, 5.74) is 5.98. The Hall–Kier alpha value is -2.24. The minimum atomic E-state index is -1.11. The number of aliphatic hydroxyl groups is 1. The predicted molar refractivity (Wildman–Crippen MR) is 135 cm³/mol. The smallest absolute Gasteiger partial charge is 0.435 e. The number of hydrogen-bond acceptors (Lipinski definition) is 6. The number of hydrogen-bond donors (Lipinski definition) is 3. The number of halogens is 1. The number of carbonyl (C=O) groups excluding carboxylic acids is 2. The fourth-order valence-electron chi connectivity index (χ4n) is 5.75. The summed E-state index contributed by atoms with van der Waals surface area (Å²) in [7, 11) is 1.59. The molecule has 3 aliphatic rings. The quantitative estimate of drug-likeness (QED) is 0.443. The molecule has 3 amide bonds. The SMILES string of the molecule is COCC(CCN1CCC2(CC2)[C@H](O)C1)N1CC[N@@+](C(=O)O)(c2ccc(C(N)=O)cc2Cl)CCC1=O. The number of carbonyl (C=O) groups is 3. The summed E-state index contributed by atoms with van der Waals surface area (Å²) in [6.45, 7) is 3.04. The molecule has 3 atom stereocenters. The number of amides is 3. The zero-order chi connectivity index (χ0) is 26.1. The lowest BCUT2D eigenvalue weighted by molar-refractivity contribution is -0.134. The third-order valence-electron chi connectivity index (χ3n) is 8.34. The molecule has 2 aliphatic heterocycles. The topological polar surface area (TPSA) is 133 Å². The molecule has 0 radical (unpaired) electrons. The molecule has 1 unspecified atom stereocenters. The lowest BCUT2D eigenvalue weighted by Gasteiger charge is -2.38. The molecule has 4 rings (SSSR count). The van der Waals surface area contributed by atoms with E-state index in [-0.39, 0.29) is 60.1 Å². The van der Waals surface area contributed by atoms with Gasteiger partial charge in [-0.15, -0.1) is 0 Å². The highest BCUT2D eigenvalue weighted by molar-refractivity contribution is 6.33. The van der Waals surface area contributed by atoms with Crippen molar-refractivity contribution in [2.24, 2.45) is 11.1 Å². The Morgan fingerprint density at radius 2 is 2.03 bits per heavy atom. The second kappa shape index (κ2) is 10.6. The van der Waals surface area contributed by atoms with Gasteiger partial charge in [0.1, 0.15) is 18.1 Å². The molecule has 10 nitrogen and oxygen atoms in total. The zero-order valence-electron chi connectivity index (χ0n) is 20.7. The highest BCUT2D eigenvalue weighted by Crippen LogP contribution is 2.53. The standard InChI is InChI=1S/C25H35ClN4O6/c1-36-16-18(4-9-28-10-8-25(6-7-25)21(31)15-28)29-11-13-30(24(34)35,12-5-22(29)32)20-3-2-17(23(27)33)14-19(20)26/h2-3,14,18,21,31H,4-13,15-16H2,1H3,(H2-,27,33,34,35)/p+1/t18?,21-,30-/m1/s1. The number of rotatable bonds is 8. The molecule has 198 valence electrons. The van der Waals surface area contributed by atoms with E-state index in [4.69, 9.17) is 22.1 Å². The molecule has 1 aromatic rings. The number of carboxylic acid groups (broad SMARTS) is 1. The number of quaternary nitrogens is 1. The van der Waals surface area contributed by atoms with Crippen molar-refractivity contribution >= 4 is 35.2 Å². The summed E-state index contributed by atoms with van der Waals surface area (Å²) in [6.07, 6.45) is 2.50. The van der Waals surface area contributed by atoms with Crippen LogP contribution >= 0.6 is 11.6 Å². The Morgan fingerprint density at radius 1 is 1.28 bits per heavy atom. The maximum atomic E-state index is 13.2. The summed E-state index contributed by atoms with van der Waals surface area (Å²) in [4.78, 5) is 41.3. The van der Waals surface area contributed by atoms with E-state index in [1.807, 2.05) is 0 Å². The van der Waals surface area contributed by atoms with Gasteiger partial charge in [-0.2, -0.15) is 9.28 Å². The maximum Gasteiger partial charge on any atom is 0.518 e. The van der Waals surface area contributed by atoms with Gasteiger partial charge in [-0.25, -0.2) is 0 Å². The first-order valence-electron chi connectivity index (χ1n) is 12.5. The van der Waals surface area contributed by atoms with Crippen LogP contribution in [0.5, 0.6) is 0 Å². The Kier molecular flexibility index (Phi) is 7.92. The van der Waals surface area contributed by atoms with Crippen LogP contribution in [-0.2, 0) is 9.53 Å².